The molecule has 78 valence electrons. The molecule has 5 nitrogen and oxygen atoms in total. The average molecular weight is 205 g/mol. The number of hydrogen-bond acceptors (Lipinski definition) is 3. The van der Waals surface area contributed by atoms with Gasteiger partial charge in [0.05, 0.1) is 13.2 Å². The Hall–Kier alpha value is -1.55. The Balaban J connectivity index is 2.28. The van der Waals surface area contributed by atoms with Crippen LogP contribution in [-0.2, 0) is 4.74 Å². The van der Waals surface area contributed by atoms with Crippen LogP contribution >= 0.6 is 0 Å². The molecule has 0 amide bonds. The highest BCUT2D eigenvalue weighted by Crippen LogP contribution is 2.41. The Morgan fingerprint density at radius 1 is 1.53 bits per heavy atom. The first-order valence-electron chi connectivity index (χ1n) is 4.68. The van der Waals surface area contributed by atoms with E-state index in [0.717, 1.165) is 5.56 Å². The van der Waals surface area contributed by atoms with Crippen molar-refractivity contribution in [1.82, 2.24) is 0 Å². The van der Waals surface area contributed by atoms with E-state index < -0.39 is 5.72 Å². The lowest BCUT2D eigenvalue weighted by atomic mass is 9.85. The lowest BCUT2D eigenvalue weighted by Crippen LogP contribution is -2.52. The van der Waals surface area contributed by atoms with Crippen molar-refractivity contribution < 1.29 is 9.84 Å². The molecule has 1 aliphatic heterocycles. The molecule has 2 rings (SSSR count). The Bertz CT molecular complexity index is 385. The molecule has 2 atom stereocenters. The Morgan fingerprint density at radius 2 is 2.27 bits per heavy atom. The number of azide groups is 1. The molecular weight excluding hydrogens is 194 g/mol. The third-order valence-electron chi connectivity index (χ3n) is 2.69. The van der Waals surface area contributed by atoms with Gasteiger partial charge in [-0.3, -0.25) is 0 Å². The maximum absolute atomic E-state index is 9.21. The minimum Gasteiger partial charge on any atom is -0.393 e. The van der Waals surface area contributed by atoms with Gasteiger partial charge in [0.25, 0.3) is 0 Å². The number of benzene rings is 1. The molecule has 0 saturated carbocycles. The van der Waals surface area contributed by atoms with Gasteiger partial charge in [0, 0.05) is 10.8 Å². The van der Waals surface area contributed by atoms with Crippen molar-refractivity contribution in [3.8, 4) is 0 Å². The number of aliphatic hydroxyl groups excluding tert-OH is 1. The van der Waals surface area contributed by atoms with Crippen LogP contribution in [0, 0.1) is 0 Å². The van der Waals surface area contributed by atoms with Crippen molar-refractivity contribution in [1.29, 1.82) is 0 Å². The van der Waals surface area contributed by atoms with E-state index in [1.807, 2.05) is 30.3 Å². The highest BCUT2D eigenvalue weighted by Gasteiger charge is 2.48. The second-order valence-corrected chi connectivity index (χ2v) is 3.47. The fourth-order valence-electron chi connectivity index (χ4n) is 1.76. The van der Waals surface area contributed by atoms with Gasteiger partial charge >= 0.3 is 0 Å². The van der Waals surface area contributed by atoms with Crippen molar-refractivity contribution >= 4 is 0 Å². The Kier molecular flexibility index (Phi) is 2.60. The largest absolute Gasteiger partial charge is 0.393 e. The summed E-state index contributed by atoms with van der Waals surface area (Å²) in [6.07, 6.45) is 0. The van der Waals surface area contributed by atoms with E-state index in [4.69, 9.17) is 10.3 Å². The maximum atomic E-state index is 9.21. The van der Waals surface area contributed by atoms with E-state index >= 15 is 0 Å². The molecule has 1 saturated heterocycles. The van der Waals surface area contributed by atoms with E-state index in [2.05, 4.69) is 10.0 Å². The zero-order valence-corrected chi connectivity index (χ0v) is 8.08. The average Bonchev–Trinajstić information content (AvgIpc) is 2.26. The summed E-state index contributed by atoms with van der Waals surface area (Å²) in [6.45, 7) is 0.181. The van der Waals surface area contributed by atoms with Gasteiger partial charge in [-0.1, -0.05) is 35.4 Å². The molecule has 0 aliphatic carbocycles. The SMILES string of the molecule is [N-]=[N+]=N[C@@]1(CO)OC[C@H]1c1ccccc1. The molecule has 0 unspecified atom stereocenters. The number of aliphatic hydroxyl groups is 1. The molecule has 1 aromatic carbocycles. The van der Waals surface area contributed by atoms with E-state index in [1.165, 1.54) is 0 Å². The van der Waals surface area contributed by atoms with Gasteiger partial charge < -0.3 is 9.84 Å². The summed E-state index contributed by atoms with van der Waals surface area (Å²) in [5, 5.41) is 12.8. The highest BCUT2D eigenvalue weighted by atomic mass is 16.6. The monoisotopic (exact) mass is 205 g/mol. The van der Waals surface area contributed by atoms with Gasteiger partial charge in [-0.2, -0.15) is 0 Å². The van der Waals surface area contributed by atoms with Crippen LogP contribution in [0.2, 0.25) is 0 Å². The third kappa shape index (κ3) is 1.57. The normalized spacial score (nSPS) is 29.0. The molecule has 1 N–H and O–H groups in total. The highest BCUT2D eigenvalue weighted by molar-refractivity contribution is 5.25. The summed E-state index contributed by atoms with van der Waals surface area (Å²) in [5.41, 5.74) is 8.35. The van der Waals surface area contributed by atoms with Crippen molar-refractivity contribution in [2.45, 2.75) is 11.6 Å². The van der Waals surface area contributed by atoms with Gasteiger partial charge in [0.2, 0.25) is 0 Å². The molecule has 1 aliphatic rings. The summed E-state index contributed by atoms with van der Waals surface area (Å²) >= 11 is 0. The lowest BCUT2D eigenvalue weighted by molar-refractivity contribution is -0.187. The number of rotatable bonds is 3. The first kappa shape index (κ1) is 9.98. The standard InChI is InChI=1S/C10H11N3O2/c11-13-12-10(7-14)9(6-15-10)8-4-2-1-3-5-8/h1-5,9,14H,6-7H2/t9-,10-/m0/s1. The van der Waals surface area contributed by atoms with Gasteiger partial charge in [0.1, 0.15) is 0 Å². The van der Waals surface area contributed by atoms with E-state index in [1.54, 1.807) is 0 Å². The van der Waals surface area contributed by atoms with Gasteiger partial charge in [-0.15, -0.1) is 0 Å². The maximum Gasteiger partial charge on any atom is 0.178 e. The molecular formula is C10H11N3O2. The molecule has 15 heavy (non-hydrogen) atoms. The zero-order chi connectivity index (χ0) is 10.7. The van der Waals surface area contributed by atoms with Crippen LogP contribution < -0.4 is 0 Å². The topological polar surface area (TPSA) is 78.2 Å². The molecule has 0 bridgehead atoms. The van der Waals surface area contributed by atoms with Crippen molar-refractivity contribution in [3.05, 3.63) is 46.3 Å². The Labute approximate surface area is 86.9 Å². The summed E-state index contributed by atoms with van der Waals surface area (Å²) < 4.78 is 5.20. The minimum atomic E-state index is -1.10. The fourth-order valence-corrected chi connectivity index (χ4v) is 1.76. The van der Waals surface area contributed by atoms with E-state index in [0.29, 0.717) is 6.61 Å². The second kappa shape index (κ2) is 3.90. The lowest BCUT2D eigenvalue weighted by Gasteiger charge is -2.44. The van der Waals surface area contributed by atoms with E-state index in [9.17, 15) is 5.11 Å². The minimum absolute atomic E-state index is 0.0559. The number of hydrogen-bond donors (Lipinski definition) is 1. The number of nitrogens with zero attached hydrogens (tertiary/aromatic N) is 3. The van der Waals surface area contributed by atoms with E-state index in [-0.39, 0.29) is 12.5 Å². The predicted octanol–water partition coefficient (Wildman–Crippen LogP) is 1.80. The fraction of sp³-hybridized carbons (Fsp3) is 0.400. The summed E-state index contributed by atoms with van der Waals surface area (Å²) in [5.74, 6) is -0.0559. The van der Waals surface area contributed by atoms with Crippen LogP contribution in [0.15, 0.2) is 35.4 Å². The molecule has 1 heterocycles. The van der Waals surface area contributed by atoms with Crippen molar-refractivity contribution in [2.75, 3.05) is 13.2 Å². The van der Waals surface area contributed by atoms with Gasteiger partial charge in [0.15, 0.2) is 5.72 Å². The zero-order valence-electron chi connectivity index (χ0n) is 8.08. The number of ether oxygens (including phenoxy) is 1. The van der Waals surface area contributed by atoms with Crippen molar-refractivity contribution in [3.63, 3.8) is 0 Å². The van der Waals surface area contributed by atoms with Crippen LogP contribution in [0.1, 0.15) is 11.5 Å². The quantitative estimate of drug-likeness (QED) is 0.464. The molecule has 1 fully saturated rings. The first-order valence-corrected chi connectivity index (χ1v) is 4.68. The third-order valence-corrected chi connectivity index (χ3v) is 2.69. The van der Waals surface area contributed by atoms with Crippen LogP contribution in [0.5, 0.6) is 0 Å². The first-order chi connectivity index (χ1) is 7.32. The Morgan fingerprint density at radius 3 is 2.73 bits per heavy atom. The summed E-state index contributed by atoms with van der Waals surface area (Å²) in [6, 6.07) is 9.60. The molecule has 0 radical (unpaired) electrons. The van der Waals surface area contributed by atoms with Gasteiger partial charge in [-0.05, 0) is 11.1 Å². The molecule has 1 aromatic rings. The van der Waals surface area contributed by atoms with Crippen molar-refractivity contribution in [2.24, 2.45) is 5.11 Å². The molecule has 5 heteroatoms. The van der Waals surface area contributed by atoms with Crippen LogP contribution in [-0.4, -0.2) is 24.0 Å². The van der Waals surface area contributed by atoms with Crippen LogP contribution in [0.25, 0.3) is 10.4 Å². The predicted molar refractivity (Wildman–Crippen MR) is 54.1 cm³/mol. The molecule has 0 aromatic heterocycles. The molecule has 0 spiro atoms. The van der Waals surface area contributed by atoms with Crippen LogP contribution in [0.4, 0.5) is 0 Å². The summed E-state index contributed by atoms with van der Waals surface area (Å²) in [7, 11) is 0. The van der Waals surface area contributed by atoms with Crippen LogP contribution in [0.3, 0.4) is 0 Å². The van der Waals surface area contributed by atoms with Gasteiger partial charge in [-0.25, -0.2) is 0 Å². The summed E-state index contributed by atoms with van der Waals surface area (Å²) in [4.78, 5) is 2.72. The smallest absolute Gasteiger partial charge is 0.178 e. The second-order valence-electron chi connectivity index (χ2n) is 3.47.